The number of aryl methyl sites for hydroxylation is 1. The van der Waals surface area contributed by atoms with Gasteiger partial charge in [-0.2, -0.15) is 5.10 Å². The minimum atomic E-state index is -0.843. The number of nitrogens with zero attached hydrogens (tertiary/aromatic N) is 3. The fraction of sp³-hybridized carbons (Fsp3) is 0.261. The van der Waals surface area contributed by atoms with Crippen LogP contribution < -0.4 is 10.1 Å². The van der Waals surface area contributed by atoms with Crippen LogP contribution in [0.5, 0.6) is 5.75 Å². The first-order chi connectivity index (χ1) is 14.4. The van der Waals surface area contributed by atoms with Crippen molar-refractivity contribution in [2.24, 2.45) is 0 Å². The van der Waals surface area contributed by atoms with Gasteiger partial charge in [0.2, 0.25) is 5.91 Å². The Morgan fingerprint density at radius 1 is 1.13 bits per heavy atom. The number of carbonyl (C=O) groups is 2. The van der Waals surface area contributed by atoms with Crippen LogP contribution in [0.15, 0.2) is 54.6 Å². The van der Waals surface area contributed by atoms with Gasteiger partial charge in [-0.25, -0.2) is 4.68 Å². The summed E-state index contributed by atoms with van der Waals surface area (Å²) in [5.74, 6) is 0.105. The van der Waals surface area contributed by atoms with Gasteiger partial charge in [0.15, 0.2) is 6.10 Å². The molecule has 2 aromatic carbocycles. The number of hydrogen-bond acceptors (Lipinski definition) is 4. The molecule has 0 saturated heterocycles. The standard InChI is InChI=1S/C23H24N4O3/c1-15-18(16(2)27(25-15)17-9-5-4-6-10-17)14-26(3)22(28)13-21-23(29)24-19-11-7-8-12-20(19)30-21/h4-12,21H,13-14H2,1-3H3,(H,24,29). The van der Waals surface area contributed by atoms with E-state index in [0.717, 1.165) is 22.6 Å². The largest absolute Gasteiger partial charge is 0.478 e. The van der Waals surface area contributed by atoms with Crippen molar-refractivity contribution in [3.05, 3.63) is 71.5 Å². The molecular formula is C23H24N4O3. The third-order valence-corrected chi connectivity index (χ3v) is 5.33. The molecule has 0 aliphatic carbocycles. The zero-order valence-corrected chi connectivity index (χ0v) is 17.3. The Bertz CT molecular complexity index is 1090. The SMILES string of the molecule is Cc1nn(-c2ccccc2)c(C)c1CN(C)C(=O)CC1Oc2ccccc2NC1=O. The van der Waals surface area contributed by atoms with Crippen molar-refractivity contribution in [3.63, 3.8) is 0 Å². The zero-order valence-electron chi connectivity index (χ0n) is 17.3. The van der Waals surface area contributed by atoms with Crippen molar-refractivity contribution in [2.45, 2.75) is 32.9 Å². The van der Waals surface area contributed by atoms with Crippen LogP contribution in [0.1, 0.15) is 23.4 Å². The van der Waals surface area contributed by atoms with Gasteiger partial charge in [-0.05, 0) is 38.1 Å². The predicted molar refractivity (Wildman–Crippen MR) is 114 cm³/mol. The third kappa shape index (κ3) is 3.78. The fourth-order valence-corrected chi connectivity index (χ4v) is 3.59. The maximum absolute atomic E-state index is 12.8. The molecule has 4 rings (SSSR count). The quantitative estimate of drug-likeness (QED) is 0.708. The molecule has 1 N–H and O–H groups in total. The average Bonchev–Trinajstić information content (AvgIpc) is 3.03. The lowest BCUT2D eigenvalue weighted by molar-refractivity contribution is -0.136. The Kier molecular flexibility index (Phi) is 5.27. The second kappa shape index (κ2) is 8.02. The van der Waals surface area contributed by atoms with Crippen LogP contribution in [0.2, 0.25) is 0 Å². The van der Waals surface area contributed by atoms with Gasteiger partial charge in [-0.3, -0.25) is 9.59 Å². The lowest BCUT2D eigenvalue weighted by atomic mass is 10.1. The highest BCUT2D eigenvalue weighted by Gasteiger charge is 2.30. The van der Waals surface area contributed by atoms with Crippen LogP contribution >= 0.6 is 0 Å². The highest BCUT2D eigenvalue weighted by Crippen LogP contribution is 2.30. The molecule has 0 bridgehead atoms. The second-order valence-electron chi connectivity index (χ2n) is 7.44. The topological polar surface area (TPSA) is 76.5 Å². The number of hydrogen-bond donors (Lipinski definition) is 1. The molecule has 2 amide bonds. The molecule has 1 aliphatic heterocycles. The third-order valence-electron chi connectivity index (χ3n) is 5.33. The van der Waals surface area contributed by atoms with Gasteiger partial charge >= 0.3 is 0 Å². The number of ether oxygens (including phenoxy) is 1. The van der Waals surface area contributed by atoms with Gasteiger partial charge < -0.3 is 15.0 Å². The lowest BCUT2D eigenvalue weighted by Crippen LogP contribution is -2.41. The summed E-state index contributed by atoms with van der Waals surface area (Å²) in [5, 5.41) is 7.43. The molecule has 0 fully saturated rings. The fourth-order valence-electron chi connectivity index (χ4n) is 3.59. The molecular weight excluding hydrogens is 380 g/mol. The highest BCUT2D eigenvalue weighted by molar-refractivity contribution is 5.99. The van der Waals surface area contributed by atoms with Crippen molar-refractivity contribution in [2.75, 3.05) is 12.4 Å². The van der Waals surface area contributed by atoms with E-state index in [9.17, 15) is 9.59 Å². The molecule has 7 heteroatoms. The van der Waals surface area contributed by atoms with Gasteiger partial charge in [0.25, 0.3) is 5.91 Å². The van der Waals surface area contributed by atoms with Crippen LogP contribution in [0.4, 0.5) is 5.69 Å². The minimum Gasteiger partial charge on any atom is -0.478 e. The van der Waals surface area contributed by atoms with E-state index in [1.165, 1.54) is 0 Å². The number of rotatable bonds is 5. The van der Waals surface area contributed by atoms with E-state index < -0.39 is 6.10 Å². The number of anilines is 1. The summed E-state index contributed by atoms with van der Waals surface area (Å²) >= 11 is 0. The average molecular weight is 404 g/mol. The summed E-state index contributed by atoms with van der Waals surface area (Å²) < 4.78 is 7.64. The van der Waals surface area contributed by atoms with E-state index >= 15 is 0 Å². The van der Waals surface area contributed by atoms with E-state index in [4.69, 9.17) is 4.74 Å². The predicted octanol–water partition coefficient (Wildman–Crippen LogP) is 3.24. The van der Waals surface area contributed by atoms with Gasteiger partial charge in [0.05, 0.1) is 23.5 Å². The highest BCUT2D eigenvalue weighted by atomic mass is 16.5. The van der Waals surface area contributed by atoms with Gasteiger partial charge in [-0.15, -0.1) is 0 Å². The van der Waals surface area contributed by atoms with Crippen molar-refractivity contribution in [1.29, 1.82) is 0 Å². The normalized spacial score (nSPS) is 15.2. The van der Waals surface area contributed by atoms with Crippen molar-refractivity contribution >= 4 is 17.5 Å². The van der Waals surface area contributed by atoms with E-state index in [1.807, 2.05) is 61.0 Å². The van der Waals surface area contributed by atoms with E-state index in [1.54, 1.807) is 24.1 Å². The molecule has 3 aromatic rings. The number of para-hydroxylation sites is 3. The number of carbonyl (C=O) groups excluding carboxylic acids is 2. The van der Waals surface area contributed by atoms with E-state index in [-0.39, 0.29) is 18.2 Å². The van der Waals surface area contributed by atoms with Crippen LogP contribution in [-0.4, -0.2) is 39.6 Å². The number of aromatic nitrogens is 2. The lowest BCUT2D eigenvalue weighted by Gasteiger charge is -2.27. The molecule has 154 valence electrons. The van der Waals surface area contributed by atoms with Crippen molar-refractivity contribution in [1.82, 2.24) is 14.7 Å². The van der Waals surface area contributed by atoms with E-state index in [0.29, 0.717) is 18.0 Å². The summed E-state index contributed by atoms with van der Waals surface area (Å²) in [6.07, 6.45) is -0.870. The minimum absolute atomic E-state index is 0.0262. The van der Waals surface area contributed by atoms with Crippen LogP contribution in [0.25, 0.3) is 5.69 Å². The van der Waals surface area contributed by atoms with Gasteiger partial charge in [0, 0.05) is 24.8 Å². The molecule has 7 nitrogen and oxygen atoms in total. The first-order valence-electron chi connectivity index (χ1n) is 9.85. The van der Waals surface area contributed by atoms with Crippen molar-refractivity contribution < 1.29 is 14.3 Å². The Morgan fingerprint density at radius 3 is 2.60 bits per heavy atom. The van der Waals surface area contributed by atoms with Crippen molar-refractivity contribution in [3.8, 4) is 11.4 Å². The van der Waals surface area contributed by atoms with Gasteiger partial charge in [0.1, 0.15) is 5.75 Å². The molecule has 0 spiro atoms. The van der Waals surface area contributed by atoms with Crippen LogP contribution in [0, 0.1) is 13.8 Å². The maximum atomic E-state index is 12.8. The molecule has 1 aromatic heterocycles. The van der Waals surface area contributed by atoms with E-state index in [2.05, 4.69) is 10.4 Å². The molecule has 1 aliphatic rings. The Hall–Kier alpha value is -3.61. The Labute approximate surface area is 175 Å². The number of fused-ring (bicyclic) bond motifs is 1. The molecule has 1 unspecified atom stereocenters. The molecule has 30 heavy (non-hydrogen) atoms. The summed E-state index contributed by atoms with van der Waals surface area (Å²) in [4.78, 5) is 26.7. The summed E-state index contributed by atoms with van der Waals surface area (Å²) in [7, 11) is 1.73. The molecule has 0 radical (unpaired) electrons. The summed E-state index contributed by atoms with van der Waals surface area (Å²) in [5.41, 5.74) is 4.45. The number of amides is 2. The monoisotopic (exact) mass is 404 g/mol. The second-order valence-corrected chi connectivity index (χ2v) is 7.44. The smallest absolute Gasteiger partial charge is 0.266 e. The molecule has 1 atom stereocenters. The summed E-state index contributed by atoms with van der Waals surface area (Å²) in [6.45, 7) is 4.35. The molecule has 0 saturated carbocycles. The van der Waals surface area contributed by atoms with Gasteiger partial charge in [-0.1, -0.05) is 30.3 Å². The maximum Gasteiger partial charge on any atom is 0.266 e. The Balaban J connectivity index is 1.46. The first-order valence-corrected chi connectivity index (χ1v) is 9.85. The first kappa shape index (κ1) is 19.7. The summed E-state index contributed by atoms with van der Waals surface area (Å²) in [6, 6.07) is 17.1. The van der Waals surface area contributed by atoms with Crippen LogP contribution in [-0.2, 0) is 16.1 Å². The van der Waals surface area contributed by atoms with Crippen LogP contribution in [0.3, 0.4) is 0 Å². The molecule has 2 heterocycles. The number of benzene rings is 2. The Morgan fingerprint density at radius 2 is 1.83 bits per heavy atom. The number of nitrogens with one attached hydrogen (secondary N) is 1. The zero-order chi connectivity index (χ0) is 21.3.